The fraction of sp³-hybridized carbons (Fsp3) is 0.227. The molecule has 3 aromatic rings. The third-order valence-corrected chi connectivity index (χ3v) is 4.53. The Morgan fingerprint density at radius 1 is 1.14 bits per heavy atom. The van der Waals surface area contributed by atoms with E-state index in [0.717, 1.165) is 24.2 Å². The second kappa shape index (κ2) is 9.44. The average molecular weight is 400 g/mol. The smallest absolute Gasteiger partial charge is 0.255 e. The second-order valence-corrected chi connectivity index (χ2v) is 6.71. The van der Waals surface area contributed by atoms with Crippen molar-refractivity contribution < 1.29 is 19.1 Å². The Labute approximate surface area is 168 Å². The van der Waals surface area contributed by atoms with E-state index in [1.807, 2.05) is 0 Å². The van der Waals surface area contributed by atoms with Gasteiger partial charge in [0.2, 0.25) is 0 Å². The first kappa shape index (κ1) is 20.0. The Hall–Kier alpha value is -2.76. The molecule has 146 valence electrons. The molecule has 5 nitrogen and oxygen atoms in total. The van der Waals surface area contributed by atoms with Crippen LogP contribution in [0.4, 0.5) is 5.69 Å². The number of ether oxygens (including phenoxy) is 1. The molecule has 0 saturated heterocycles. The maximum atomic E-state index is 12.6. The predicted octanol–water partition coefficient (Wildman–Crippen LogP) is 5.52. The quantitative estimate of drug-likeness (QED) is 0.489. The number of anilines is 1. The summed E-state index contributed by atoms with van der Waals surface area (Å²) >= 11 is 6.24. The number of carbonyl (C=O) groups excluding carboxylic acids is 1. The van der Waals surface area contributed by atoms with Crippen LogP contribution in [0.1, 0.15) is 35.9 Å². The monoisotopic (exact) mass is 399 g/mol. The van der Waals surface area contributed by atoms with E-state index in [4.69, 9.17) is 25.9 Å². The molecule has 0 saturated carbocycles. The lowest BCUT2D eigenvalue weighted by atomic mass is 10.1. The highest BCUT2D eigenvalue weighted by Gasteiger charge is 2.12. The van der Waals surface area contributed by atoms with Crippen molar-refractivity contribution in [3.63, 3.8) is 0 Å². The number of aliphatic hydroxyl groups excluding tert-OH is 1. The van der Waals surface area contributed by atoms with E-state index in [2.05, 4.69) is 12.2 Å². The Balaban J connectivity index is 1.72. The van der Waals surface area contributed by atoms with Crippen LogP contribution in [0.3, 0.4) is 0 Å². The molecule has 0 fully saturated rings. The highest BCUT2D eigenvalue weighted by Crippen LogP contribution is 2.30. The molecule has 0 aliphatic rings. The van der Waals surface area contributed by atoms with Crippen molar-refractivity contribution in [2.75, 3.05) is 11.9 Å². The molecule has 0 spiro atoms. The molecule has 28 heavy (non-hydrogen) atoms. The number of carbonyl (C=O) groups is 1. The number of benzene rings is 2. The van der Waals surface area contributed by atoms with Gasteiger partial charge in [0, 0.05) is 11.1 Å². The lowest BCUT2D eigenvalue weighted by molar-refractivity contribution is 0.102. The number of furan rings is 1. The lowest BCUT2D eigenvalue weighted by Crippen LogP contribution is -2.12. The summed E-state index contributed by atoms with van der Waals surface area (Å²) in [4.78, 5) is 12.6. The SMILES string of the molecule is CCCCOc1ccc(C(=O)Nc2cc(-c3ccc(CO)o3)ccc2Cl)cc1. The zero-order valence-corrected chi connectivity index (χ0v) is 16.3. The minimum absolute atomic E-state index is 0.171. The van der Waals surface area contributed by atoms with Crippen molar-refractivity contribution in [2.45, 2.75) is 26.4 Å². The Bertz CT molecular complexity index is 934. The summed E-state index contributed by atoms with van der Waals surface area (Å²) in [6.07, 6.45) is 2.06. The van der Waals surface area contributed by atoms with Gasteiger partial charge in [0.1, 0.15) is 23.9 Å². The predicted molar refractivity (Wildman–Crippen MR) is 110 cm³/mol. The van der Waals surface area contributed by atoms with Crippen LogP contribution in [0, 0.1) is 0 Å². The molecule has 0 atom stereocenters. The van der Waals surface area contributed by atoms with E-state index in [0.29, 0.717) is 34.4 Å². The first-order chi connectivity index (χ1) is 13.6. The minimum Gasteiger partial charge on any atom is -0.494 e. The number of unbranched alkanes of at least 4 members (excludes halogenated alkanes) is 1. The van der Waals surface area contributed by atoms with E-state index in [9.17, 15) is 4.79 Å². The zero-order chi connectivity index (χ0) is 19.9. The number of rotatable bonds is 8. The van der Waals surface area contributed by atoms with Crippen molar-refractivity contribution in [1.29, 1.82) is 0 Å². The summed E-state index contributed by atoms with van der Waals surface area (Å²) < 4.78 is 11.2. The maximum Gasteiger partial charge on any atom is 0.255 e. The van der Waals surface area contributed by atoms with Crippen LogP contribution >= 0.6 is 11.6 Å². The van der Waals surface area contributed by atoms with Crippen molar-refractivity contribution in [1.82, 2.24) is 0 Å². The van der Waals surface area contributed by atoms with Gasteiger partial charge in [-0.15, -0.1) is 0 Å². The lowest BCUT2D eigenvalue weighted by Gasteiger charge is -2.10. The molecule has 2 N–H and O–H groups in total. The van der Waals surface area contributed by atoms with E-state index in [1.54, 1.807) is 54.6 Å². The third-order valence-electron chi connectivity index (χ3n) is 4.20. The highest BCUT2D eigenvalue weighted by molar-refractivity contribution is 6.34. The first-order valence-corrected chi connectivity index (χ1v) is 9.52. The number of nitrogens with one attached hydrogen (secondary N) is 1. The molecule has 6 heteroatoms. The van der Waals surface area contributed by atoms with Gasteiger partial charge in [0.25, 0.3) is 5.91 Å². The van der Waals surface area contributed by atoms with Gasteiger partial charge in [-0.25, -0.2) is 0 Å². The number of halogens is 1. The molecule has 0 aliphatic carbocycles. The molecule has 0 aliphatic heterocycles. The number of amides is 1. The zero-order valence-electron chi connectivity index (χ0n) is 15.6. The van der Waals surface area contributed by atoms with Crippen LogP contribution in [0.2, 0.25) is 5.02 Å². The summed E-state index contributed by atoms with van der Waals surface area (Å²) in [6.45, 7) is 2.60. The van der Waals surface area contributed by atoms with Crippen LogP contribution < -0.4 is 10.1 Å². The molecule has 2 aromatic carbocycles. The molecule has 0 bridgehead atoms. The summed E-state index contributed by atoms with van der Waals surface area (Å²) in [7, 11) is 0. The Kier molecular flexibility index (Phi) is 6.74. The maximum absolute atomic E-state index is 12.6. The molecule has 1 heterocycles. The van der Waals surface area contributed by atoms with Crippen LogP contribution in [-0.2, 0) is 6.61 Å². The van der Waals surface area contributed by atoms with Crippen molar-refractivity contribution >= 4 is 23.2 Å². The number of aliphatic hydroxyl groups is 1. The topological polar surface area (TPSA) is 71.7 Å². The van der Waals surface area contributed by atoms with E-state index < -0.39 is 0 Å². The third kappa shape index (κ3) is 4.94. The first-order valence-electron chi connectivity index (χ1n) is 9.14. The molecular formula is C22H22ClNO4. The van der Waals surface area contributed by atoms with Crippen molar-refractivity contribution in [3.8, 4) is 17.1 Å². The normalized spacial score (nSPS) is 10.7. The largest absolute Gasteiger partial charge is 0.494 e. The van der Waals surface area contributed by atoms with Crippen LogP contribution in [0.5, 0.6) is 5.75 Å². The van der Waals surface area contributed by atoms with Gasteiger partial charge in [-0.1, -0.05) is 24.9 Å². The average Bonchev–Trinajstić information content (AvgIpc) is 3.19. The molecule has 0 unspecified atom stereocenters. The van der Waals surface area contributed by atoms with Crippen molar-refractivity contribution in [2.24, 2.45) is 0 Å². The molecule has 3 rings (SSSR count). The fourth-order valence-electron chi connectivity index (χ4n) is 2.62. The molecule has 1 aromatic heterocycles. The van der Waals surface area contributed by atoms with Gasteiger partial charge >= 0.3 is 0 Å². The number of hydrogen-bond donors (Lipinski definition) is 2. The highest BCUT2D eigenvalue weighted by atomic mass is 35.5. The summed E-state index contributed by atoms with van der Waals surface area (Å²) in [5, 5.41) is 12.4. The van der Waals surface area contributed by atoms with Gasteiger partial charge in [-0.3, -0.25) is 4.79 Å². The van der Waals surface area contributed by atoms with E-state index in [1.165, 1.54) is 0 Å². The summed E-state index contributed by atoms with van der Waals surface area (Å²) in [5.41, 5.74) is 1.73. The summed E-state index contributed by atoms with van der Waals surface area (Å²) in [5.74, 6) is 1.53. The van der Waals surface area contributed by atoms with Gasteiger partial charge < -0.3 is 19.6 Å². The Morgan fingerprint density at radius 2 is 1.93 bits per heavy atom. The van der Waals surface area contributed by atoms with E-state index >= 15 is 0 Å². The van der Waals surface area contributed by atoms with Crippen LogP contribution in [0.25, 0.3) is 11.3 Å². The van der Waals surface area contributed by atoms with Gasteiger partial charge in [-0.2, -0.15) is 0 Å². The summed E-state index contributed by atoms with van der Waals surface area (Å²) in [6, 6.07) is 15.7. The molecule has 0 radical (unpaired) electrons. The standard InChI is InChI=1S/C22H22ClNO4/c1-2-3-12-27-17-7-4-15(5-8-17)22(26)24-20-13-16(6-10-19(20)23)21-11-9-18(14-25)28-21/h4-11,13,25H,2-3,12,14H2,1H3,(H,24,26). The van der Waals surface area contributed by atoms with E-state index in [-0.39, 0.29) is 12.5 Å². The van der Waals surface area contributed by atoms with Crippen LogP contribution in [-0.4, -0.2) is 17.6 Å². The molecular weight excluding hydrogens is 378 g/mol. The van der Waals surface area contributed by atoms with Crippen LogP contribution in [0.15, 0.2) is 59.0 Å². The van der Waals surface area contributed by atoms with Gasteiger partial charge in [0.05, 0.1) is 17.3 Å². The fourth-order valence-corrected chi connectivity index (χ4v) is 2.79. The van der Waals surface area contributed by atoms with Gasteiger partial charge in [0.15, 0.2) is 0 Å². The number of hydrogen-bond acceptors (Lipinski definition) is 4. The minimum atomic E-state index is -0.269. The molecule has 1 amide bonds. The second-order valence-electron chi connectivity index (χ2n) is 6.30. The Morgan fingerprint density at radius 3 is 2.61 bits per heavy atom. The van der Waals surface area contributed by atoms with Crippen molar-refractivity contribution in [3.05, 3.63) is 70.9 Å². The van der Waals surface area contributed by atoms with Gasteiger partial charge in [-0.05, 0) is 61.0 Å².